The maximum Gasteiger partial charge on any atom is 0.258 e. The molecule has 1 N–H and O–H groups in total. The molecule has 3 rings (SSSR count). The van der Waals surface area contributed by atoms with Gasteiger partial charge in [0.1, 0.15) is 5.82 Å². The predicted molar refractivity (Wildman–Crippen MR) is 93.6 cm³/mol. The van der Waals surface area contributed by atoms with E-state index < -0.39 is 0 Å². The molecule has 1 unspecified atom stereocenters. The summed E-state index contributed by atoms with van der Waals surface area (Å²) in [5.41, 5.74) is 1.98. The Labute approximate surface area is 135 Å². The fraction of sp³-hybridized carbons (Fsp3) is 0.263. The molecular formula is C19H21N3O. The third kappa shape index (κ3) is 3.48. The SMILES string of the molecule is CC(c1nc2ccccc2c(=O)[nH]1)N(C)CCc1ccccc1. The lowest BCUT2D eigenvalue weighted by Crippen LogP contribution is -2.28. The minimum absolute atomic E-state index is 0.0519. The Morgan fingerprint density at radius 3 is 2.57 bits per heavy atom. The van der Waals surface area contributed by atoms with Gasteiger partial charge >= 0.3 is 0 Å². The normalized spacial score (nSPS) is 12.7. The highest BCUT2D eigenvalue weighted by Gasteiger charge is 2.15. The van der Waals surface area contributed by atoms with E-state index in [1.54, 1.807) is 6.07 Å². The van der Waals surface area contributed by atoms with Crippen LogP contribution >= 0.6 is 0 Å². The lowest BCUT2D eigenvalue weighted by molar-refractivity contribution is 0.255. The van der Waals surface area contributed by atoms with Gasteiger partial charge in [-0.15, -0.1) is 0 Å². The first-order valence-electron chi connectivity index (χ1n) is 7.88. The van der Waals surface area contributed by atoms with Crippen molar-refractivity contribution in [2.24, 2.45) is 0 Å². The molecule has 3 aromatic rings. The van der Waals surface area contributed by atoms with Crippen LogP contribution in [0.4, 0.5) is 0 Å². The van der Waals surface area contributed by atoms with Gasteiger partial charge in [0.2, 0.25) is 0 Å². The summed E-state index contributed by atoms with van der Waals surface area (Å²) < 4.78 is 0. The predicted octanol–water partition coefficient (Wildman–Crippen LogP) is 3.16. The maximum atomic E-state index is 12.2. The monoisotopic (exact) mass is 307 g/mol. The topological polar surface area (TPSA) is 49.0 Å². The zero-order valence-corrected chi connectivity index (χ0v) is 13.5. The van der Waals surface area contributed by atoms with E-state index in [1.165, 1.54) is 5.56 Å². The van der Waals surface area contributed by atoms with Gasteiger partial charge in [0.05, 0.1) is 16.9 Å². The van der Waals surface area contributed by atoms with Crippen molar-refractivity contribution in [2.75, 3.05) is 13.6 Å². The van der Waals surface area contributed by atoms with Crippen molar-refractivity contribution in [3.05, 3.63) is 76.3 Å². The number of nitrogens with zero attached hydrogens (tertiary/aromatic N) is 2. The van der Waals surface area contributed by atoms with Gasteiger partial charge in [0.25, 0.3) is 5.56 Å². The Morgan fingerprint density at radius 2 is 1.78 bits per heavy atom. The zero-order chi connectivity index (χ0) is 16.2. The average Bonchev–Trinajstić information content (AvgIpc) is 2.60. The van der Waals surface area contributed by atoms with Crippen molar-refractivity contribution in [2.45, 2.75) is 19.4 Å². The number of fused-ring (bicyclic) bond motifs is 1. The molecule has 0 aliphatic rings. The van der Waals surface area contributed by atoms with Crippen molar-refractivity contribution in [3.8, 4) is 0 Å². The second-order valence-electron chi connectivity index (χ2n) is 5.86. The van der Waals surface area contributed by atoms with Crippen LogP contribution < -0.4 is 5.56 Å². The summed E-state index contributed by atoms with van der Waals surface area (Å²) >= 11 is 0. The highest BCUT2D eigenvalue weighted by atomic mass is 16.1. The van der Waals surface area contributed by atoms with Crippen LogP contribution in [-0.2, 0) is 6.42 Å². The molecule has 4 heteroatoms. The van der Waals surface area contributed by atoms with Crippen molar-refractivity contribution in [1.29, 1.82) is 0 Å². The number of aromatic amines is 1. The Kier molecular flexibility index (Phi) is 4.53. The van der Waals surface area contributed by atoms with Crippen molar-refractivity contribution >= 4 is 10.9 Å². The first-order chi connectivity index (χ1) is 11.1. The average molecular weight is 307 g/mol. The number of para-hydroxylation sites is 1. The molecule has 0 aliphatic heterocycles. The Balaban J connectivity index is 1.77. The van der Waals surface area contributed by atoms with E-state index >= 15 is 0 Å². The standard InChI is InChI=1S/C19H21N3O/c1-14(22(2)13-12-15-8-4-3-5-9-15)18-20-17-11-7-6-10-16(17)19(23)21-18/h3-11,14H,12-13H2,1-2H3,(H,20,21,23). The summed E-state index contributed by atoms with van der Waals surface area (Å²) in [5.74, 6) is 0.712. The van der Waals surface area contributed by atoms with Gasteiger partial charge in [0, 0.05) is 6.54 Å². The molecule has 0 spiro atoms. The fourth-order valence-electron chi connectivity index (χ4n) is 2.65. The molecule has 4 nitrogen and oxygen atoms in total. The highest BCUT2D eigenvalue weighted by molar-refractivity contribution is 5.77. The number of aromatic nitrogens is 2. The molecule has 2 aromatic carbocycles. The lowest BCUT2D eigenvalue weighted by Gasteiger charge is -2.24. The molecule has 1 atom stereocenters. The number of H-pyrrole nitrogens is 1. The molecule has 1 aromatic heterocycles. The van der Waals surface area contributed by atoms with Gasteiger partial charge in [0.15, 0.2) is 0 Å². The summed E-state index contributed by atoms with van der Waals surface area (Å²) in [6.45, 7) is 2.97. The quantitative estimate of drug-likeness (QED) is 0.787. The van der Waals surface area contributed by atoms with E-state index in [1.807, 2.05) is 24.3 Å². The maximum absolute atomic E-state index is 12.2. The largest absolute Gasteiger partial charge is 0.309 e. The zero-order valence-electron chi connectivity index (χ0n) is 13.5. The van der Waals surface area contributed by atoms with Crippen LogP contribution in [0.25, 0.3) is 10.9 Å². The molecule has 0 amide bonds. The number of rotatable bonds is 5. The van der Waals surface area contributed by atoms with E-state index in [0.29, 0.717) is 11.2 Å². The lowest BCUT2D eigenvalue weighted by atomic mass is 10.1. The minimum atomic E-state index is -0.0751. The van der Waals surface area contributed by atoms with E-state index in [4.69, 9.17) is 0 Å². The third-order valence-corrected chi connectivity index (χ3v) is 4.28. The van der Waals surface area contributed by atoms with E-state index in [9.17, 15) is 4.79 Å². The molecule has 23 heavy (non-hydrogen) atoms. The second-order valence-corrected chi connectivity index (χ2v) is 5.86. The molecule has 0 saturated carbocycles. The van der Waals surface area contributed by atoms with Crippen LogP contribution in [0.2, 0.25) is 0 Å². The fourth-order valence-corrected chi connectivity index (χ4v) is 2.65. The molecule has 0 saturated heterocycles. The van der Waals surface area contributed by atoms with Gasteiger partial charge < -0.3 is 4.98 Å². The molecular weight excluding hydrogens is 286 g/mol. The molecule has 0 aliphatic carbocycles. The molecule has 1 heterocycles. The van der Waals surface area contributed by atoms with Gasteiger partial charge in [-0.25, -0.2) is 4.98 Å². The van der Waals surface area contributed by atoms with Crippen LogP contribution in [0.1, 0.15) is 24.4 Å². The number of nitrogens with one attached hydrogen (secondary N) is 1. The number of likely N-dealkylation sites (N-methyl/N-ethyl adjacent to an activating group) is 1. The summed E-state index contributed by atoms with van der Waals surface area (Å²) in [5, 5.41) is 0.635. The van der Waals surface area contributed by atoms with Crippen molar-refractivity contribution in [1.82, 2.24) is 14.9 Å². The van der Waals surface area contributed by atoms with Crippen LogP contribution in [-0.4, -0.2) is 28.5 Å². The van der Waals surface area contributed by atoms with Gasteiger partial charge in [-0.1, -0.05) is 42.5 Å². The summed E-state index contributed by atoms with van der Waals surface area (Å²) in [6.07, 6.45) is 0.972. The Morgan fingerprint density at radius 1 is 1.09 bits per heavy atom. The van der Waals surface area contributed by atoms with Gasteiger partial charge in [-0.05, 0) is 38.1 Å². The van der Waals surface area contributed by atoms with Crippen LogP contribution in [0, 0.1) is 0 Å². The highest BCUT2D eigenvalue weighted by Crippen LogP contribution is 2.16. The first kappa shape index (κ1) is 15.4. The smallest absolute Gasteiger partial charge is 0.258 e. The van der Waals surface area contributed by atoms with Crippen LogP contribution in [0.3, 0.4) is 0 Å². The molecule has 0 radical (unpaired) electrons. The Hall–Kier alpha value is -2.46. The van der Waals surface area contributed by atoms with E-state index in [0.717, 1.165) is 18.5 Å². The van der Waals surface area contributed by atoms with Gasteiger partial charge in [-0.2, -0.15) is 0 Å². The minimum Gasteiger partial charge on any atom is -0.309 e. The van der Waals surface area contributed by atoms with Crippen LogP contribution in [0.15, 0.2) is 59.4 Å². The molecule has 0 bridgehead atoms. The van der Waals surface area contributed by atoms with Gasteiger partial charge in [-0.3, -0.25) is 9.69 Å². The number of benzene rings is 2. The Bertz CT molecular complexity index is 842. The summed E-state index contributed by atoms with van der Waals surface area (Å²) in [4.78, 5) is 21.9. The van der Waals surface area contributed by atoms with E-state index in [2.05, 4.69) is 53.1 Å². The van der Waals surface area contributed by atoms with E-state index in [-0.39, 0.29) is 11.6 Å². The summed E-state index contributed by atoms with van der Waals surface area (Å²) in [6, 6.07) is 17.9. The van der Waals surface area contributed by atoms with Crippen molar-refractivity contribution < 1.29 is 0 Å². The first-order valence-corrected chi connectivity index (χ1v) is 7.88. The molecule has 118 valence electrons. The van der Waals surface area contributed by atoms with Crippen LogP contribution in [0.5, 0.6) is 0 Å². The number of hydrogen-bond acceptors (Lipinski definition) is 3. The van der Waals surface area contributed by atoms with Crippen molar-refractivity contribution in [3.63, 3.8) is 0 Å². The molecule has 0 fully saturated rings. The second kappa shape index (κ2) is 6.75. The third-order valence-electron chi connectivity index (χ3n) is 4.28. The summed E-state index contributed by atoms with van der Waals surface area (Å²) in [7, 11) is 2.06. The number of hydrogen-bond donors (Lipinski definition) is 1.